The Bertz CT molecular complexity index is 1970. The van der Waals surface area contributed by atoms with Crippen molar-refractivity contribution in [2.24, 2.45) is 0 Å². The topological polar surface area (TPSA) is 47.9 Å². The van der Waals surface area contributed by atoms with E-state index in [0.29, 0.717) is 18.9 Å². The summed E-state index contributed by atoms with van der Waals surface area (Å²) in [5.74, 6) is 7.03. The van der Waals surface area contributed by atoms with Crippen molar-refractivity contribution >= 4 is 52.0 Å². The van der Waals surface area contributed by atoms with Crippen LogP contribution >= 0.6 is 19.0 Å². The molecule has 5 aromatic rings. The first kappa shape index (κ1) is 31.0. The summed E-state index contributed by atoms with van der Waals surface area (Å²) in [5.41, 5.74) is 6.28. The molecule has 221 valence electrons. The summed E-state index contributed by atoms with van der Waals surface area (Å²) in [4.78, 5) is 4.74. The van der Waals surface area contributed by atoms with Crippen LogP contribution in [0.2, 0.25) is 0 Å². The normalized spacial score (nSPS) is 15.7. The Balaban J connectivity index is 1.72. The van der Waals surface area contributed by atoms with Gasteiger partial charge in [0.2, 0.25) is 0 Å². The number of rotatable bonds is 6. The molecule has 6 rings (SSSR count). The summed E-state index contributed by atoms with van der Waals surface area (Å²) in [6.45, 7) is 5.17. The van der Waals surface area contributed by atoms with Gasteiger partial charge in [-0.2, -0.15) is 0 Å². The number of pyridine rings is 1. The molecule has 1 fully saturated rings. The number of hydrogen-bond donors (Lipinski definition) is 0. The molecule has 7 heteroatoms. The van der Waals surface area contributed by atoms with Crippen LogP contribution in [0.4, 0.5) is 0 Å². The van der Waals surface area contributed by atoms with E-state index in [4.69, 9.17) is 9.72 Å². The fraction of sp³-hybridized carbons (Fsp3) is 0.105. The summed E-state index contributed by atoms with van der Waals surface area (Å²) in [5, 5.41) is 4.79. The number of hydrogen-bond acceptors (Lipinski definition) is 5. The van der Waals surface area contributed by atoms with Gasteiger partial charge in [-0.15, -0.1) is 0 Å². The monoisotopic (exact) mass is 799 g/mol. The third-order valence-corrected chi connectivity index (χ3v) is 13.6. The van der Waals surface area contributed by atoms with Crippen LogP contribution in [-0.2, 0) is 22.7 Å². The second kappa shape index (κ2) is 14.4. The van der Waals surface area contributed by atoms with Crippen molar-refractivity contribution in [3.63, 3.8) is 0 Å². The summed E-state index contributed by atoms with van der Waals surface area (Å²) < 4.78 is 18.8. The summed E-state index contributed by atoms with van der Waals surface area (Å²) in [6.07, 6.45) is 10.1. The first-order chi connectivity index (χ1) is 22.2. The standard InChI is InChI=1S/C38H30N3OPS.Os/c1-4-15-31-25-39-36(38-37(31)40-44-41-38)23-22-30(24-32-27-42-26-29(32)5-2)28(3)43(33-16-9-6-10-17-33,34-18-11-7-12-19-34)35-20-13-8-14-21-35;/h4-21,24-25H,26-27H2,1-2H3;/q+1;/b15-4+,29-5?,30-28?,32-24?;. The van der Waals surface area contributed by atoms with Crippen LogP contribution in [0.15, 0.2) is 137 Å². The van der Waals surface area contributed by atoms with Gasteiger partial charge in [0.1, 0.15) is 0 Å². The van der Waals surface area contributed by atoms with Crippen LogP contribution < -0.4 is 15.9 Å². The molecule has 3 heterocycles. The number of allylic oxidation sites excluding steroid dienone is 5. The van der Waals surface area contributed by atoms with E-state index in [1.165, 1.54) is 33.2 Å². The van der Waals surface area contributed by atoms with E-state index in [2.05, 4.69) is 135 Å². The van der Waals surface area contributed by atoms with Gasteiger partial charge in [-0.25, -0.2) is 0 Å². The average Bonchev–Trinajstić information content (AvgIpc) is 3.78. The van der Waals surface area contributed by atoms with Crippen LogP contribution in [0, 0.1) is 16.2 Å². The summed E-state index contributed by atoms with van der Waals surface area (Å²) in [7, 11) is -2.47. The SMILES string of the molecule is CC=C1COCC1=CC(C#Cc1ncc(/C=C/C)c2nsnc12)=C([C]#[Os])[P+](c1ccccc1)(c1ccccc1)c1ccccc1. The molecule has 0 N–H and O–H groups in total. The van der Waals surface area contributed by atoms with E-state index in [0.717, 1.165) is 33.1 Å². The van der Waals surface area contributed by atoms with Gasteiger partial charge in [-0.3, -0.25) is 0 Å². The predicted molar refractivity (Wildman–Crippen MR) is 186 cm³/mol. The first-order valence-corrected chi connectivity index (χ1v) is 18.4. The zero-order valence-electron chi connectivity index (χ0n) is 24.9. The Morgan fingerprint density at radius 3 is 1.96 bits per heavy atom. The molecule has 0 bridgehead atoms. The predicted octanol–water partition coefficient (Wildman–Crippen LogP) is 7.13. The molecule has 1 aliphatic rings. The van der Waals surface area contributed by atoms with Crippen LogP contribution in [0.25, 0.3) is 17.1 Å². The zero-order chi connectivity index (χ0) is 31.1. The van der Waals surface area contributed by atoms with E-state index in [1.54, 1.807) is 17.9 Å². The van der Waals surface area contributed by atoms with Gasteiger partial charge < -0.3 is 0 Å². The second-order valence-electron chi connectivity index (χ2n) is 10.3. The molecule has 0 aliphatic carbocycles. The fourth-order valence-electron chi connectivity index (χ4n) is 5.58. The molecule has 2 aromatic heterocycles. The van der Waals surface area contributed by atoms with E-state index in [9.17, 15) is 0 Å². The minimum atomic E-state index is -2.47. The van der Waals surface area contributed by atoms with Crippen molar-refractivity contribution in [3.05, 3.63) is 149 Å². The maximum absolute atomic E-state index is 5.91. The van der Waals surface area contributed by atoms with Gasteiger partial charge in [0.15, 0.2) is 0 Å². The Hall–Kier alpha value is -4.04. The van der Waals surface area contributed by atoms with Crippen molar-refractivity contribution in [3.8, 4) is 16.2 Å². The Morgan fingerprint density at radius 1 is 0.822 bits per heavy atom. The molecular formula is C38H30N3OOsPS+. The van der Waals surface area contributed by atoms with E-state index in [1.807, 2.05) is 25.3 Å². The summed E-state index contributed by atoms with van der Waals surface area (Å²) >= 11 is 2.93. The molecule has 0 spiro atoms. The number of benzene rings is 3. The van der Waals surface area contributed by atoms with Crippen molar-refractivity contribution in [1.82, 2.24) is 13.7 Å². The molecule has 45 heavy (non-hydrogen) atoms. The van der Waals surface area contributed by atoms with Crippen molar-refractivity contribution in [2.45, 2.75) is 13.8 Å². The van der Waals surface area contributed by atoms with Gasteiger partial charge in [-0.05, 0) is 0 Å². The molecule has 0 atom stereocenters. The second-order valence-corrected chi connectivity index (χ2v) is 14.8. The van der Waals surface area contributed by atoms with Gasteiger partial charge >= 0.3 is 280 Å². The molecule has 1 saturated heterocycles. The number of aromatic nitrogens is 3. The van der Waals surface area contributed by atoms with Gasteiger partial charge in [0.05, 0.1) is 0 Å². The number of fused-ring (bicyclic) bond motifs is 1. The maximum atomic E-state index is 5.91. The molecule has 0 radical (unpaired) electrons. The van der Waals surface area contributed by atoms with Gasteiger partial charge in [0.25, 0.3) is 0 Å². The third-order valence-electron chi connectivity index (χ3n) is 7.68. The van der Waals surface area contributed by atoms with Crippen LogP contribution in [0.1, 0.15) is 25.1 Å². The van der Waals surface area contributed by atoms with E-state index >= 15 is 0 Å². The molecule has 0 saturated carbocycles. The summed E-state index contributed by atoms with van der Waals surface area (Å²) in [6, 6.07) is 32.4. The fourth-order valence-corrected chi connectivity index (χ4v) is 11.9. The Kier molecular flexibility index (Phi) is 9.89. The first-order valence-electron chi connectivity index (χ1n) is 14.6. The molecule has 0 amide bonds. The van der Waals surface area contributed by atoms with Crippen molar-refractivity contribution in [1.29, 1.82) is 0 Å². The minimum absolute atomic E-state index is 0.536. The number of nitrogens with zero attached hydrogens (tertiary/aromatic N) is 3. The number of ether oxygens (including phenoxy) is 1. The van der Waals surface area contributed by atoms with E-state index < -0.39 is 7.26 Å². The Morgan fingerprint density at radius 2 is 1.40 bits per heavy atom. The quantitative estimate of drug-likeness (QED) is 0.136. The van der Waals surface area contributed by atoms with Gasteiger partial charge in [0, 0.05) is 0 Å². The van der Waals surface area contributed by atoms with Crippen molar-refractivity contribution < 1.29 is 22.7 Å². The third kappa shape index (κ3) is 6.12. The zero-order valence-corrected chi connectivity index (χ0v) is 29.2. The van der Waals surface area contributed by atoms with Crippen molar-refractivity contribution in [2.75, 3.05) is 13.2 Å². The molecule has 0 unspecified atom stereocenters. The van der Waals surface area contributed by atoms with Crippen LogP contribution in [-0.4, -0.2) is 26.9 Å². The van der Waals surface area contributed by atoms with Crippen LogP contribution in [0.5, 0.6) is 0 Å². The molecule has 3 aromatic carbocycles. The Labute approximate surface area is 279 Å². The average molecular weight is 798 g/mol. The van der Waals surface area contributed by atoms with Crippen LogP contribution in [0.3, 0.4) is 0 Å². The molecular weight excluding hydrogens is 768 g/mol. The molecule has 4 nitrogen and oxygen atoms in total. The van der Waals surface area contributed by atoms with E-state index in [-0.39, 0.29) is 0 Å². The molecule has 1 aliphatic heterocycles. The van der Waals surface area contributed by atoms with Gasteiger partial charge in [-0.1, -0.05) is 0 Å².